The van der Waals surface area contributed by atoms with Crippen molar-refractivity contribution in [3.63, 3.8) is 0 Å². The number of anilines is 3. The summed E-state index contributed by atoms with van der Waals surface area (Å²) in [5.41, 5.74) is 13.1. The second-order valence-corrected chi connectivity index (χ2v) is 19.7. The lowest BCUT2D eigenvalue weighted by molar-refractivity contribution is 0.0702. The van der Waals surface area contributed by atoms with Crippen LogP contribution in [0.4, 0.5) is 17.8 Å². The van der Waals surface area contributed by atoms with Crippen LogP contribution in [-0.4, -0.2) is 116 Å². The smallest absolute Gasteiger partial charge is 0.254 e. The Labute approximate surface area is 426 Å². The van der Waals surface area contributed by atoms with E-state index in [1.807, 2.05) is 62.3 Å². The third kappa shape index (κ3) is 18.3. The fourth-order valence-corrected chi connectivity index (χ4v) is 6.09. The van der Waals surface area contributed by atoms with Gasteiger partial charge in [0, 0.05) is 50.2 Å². The first kappa shape index (κ1) is 37.2. The highest BCUT2D eigenvalue weighted by molar-refractivity contribution is 5.93. The molecule has 0 bridgehead atoms. The lowest BCUT2D eigenvalue weighted by Crippen LogP contribution is -2.34. The fraction of sp³-hybridized carbons (Fsp3) is 0.688. The molecule has 17 atom stereocenters. The lowest BCUT2D eigenvalue weighted by Gasteiger charge is -2.28. The van der Waals surface area contributed by atoms with Gasteiger partial charge in [0.15, 0.2) is 0 Å². The number of nitrogens with one attached hydrogen (secondary N) is 6. The van der Waals surface area contributed by atoms with Gasteiger partial charge in [-0.2, -0.15) is 0 Å². The third-order valence-corrected chi connectivity index (χ3v) is 9.57. The van der Waals surface area contributed by atoms with Gasteiger partial charge in [-0.05, 0) is 138 Å². The summed E-state index contributed by atoms with van der Waals surface area (Å²) < 4.78 is 123. The molecule has 3 aromatic rings. The predicted octanol–water partition coefficient (Wildman–Crippen LogP) is 3.51. The molecule has 3 heterocycles. The monoisotopic (exact) mass is 979 g/mol. The van der Waals surface area contributed by atoms with Gasteiger partial charge in [0.25, 0.3) is 17.7 Å². The van der Waals surface area contributed by atoms with E-state index in [1.54, 1.807) is 6.92 Å². The van der Waals surface area contributed by atoms with Crippen LogP contribution >= 0.6 is 0 Å². The highest BCUT2D eigenvalue weighted by Crippen LogP contribution is 2.28. The van der Waals surface area contributed by atoms with Crippen LogP contribution in [-0.2, 0) is 0 Å². The minimum atomic E-state index is -2.39. The molecule has 69 heavy (non-hydrogen) atoms. The molecule has 3 saturated carbocycles. The normalized spacial score (nSPS) is 40.7. The van der Waals surface area contributed by atoms with Gasteiger partial charge >= 0.3 is 0 Å². The number of aliphatic hydroxyl groups excluding tert-OH is 3. The summed E-state index contributed by atoms with van der Waals surface area (Å²) in [5, 5.41) is 39.8. The first-order valence-electron chi connectivity index (χ1n) is 30.3. The molecular weight excluding hydrogens is 883 g/mol. The Morgan fingerprint density at radius 3 is 1.36 bits per heavy atom. The number of aromatic amines is 3. The molecule has 3 fully saturated rings. The van der Waals surface area contributed by atoms with Crippen LogP contribution in [0.1, 0.15) is 192 Å². The number of rotatable bonds is 9. The van der Waals surface area contributed by atoms with Crippen molar-refractivity contribution in [2.24, 2.45) is 49.9 Å². The number of aliphatic hydroxyl groups is 3. The summed E-state index contributed by atoms with van der Waals surface area (Å²) in [6, 6.07) is -4.72. The van der Waals surface area contributed by atoms with E-state index in [4.69, 9.17) is 37.8 Å². The van der Waals surface area contributed by atoms with Gasteiger partial charge in [-0.1, -0.05) is 20.8 Å². The van der Waals surface area contributed by atoms with E-state index in [0.29, 0.717) is 0 Å². The van der Waals surface area contributed by atoms with Crippen molar-refractivity contribution in [1.29, 1.82) is 0 Å². The van der Waals surface area contributed by atoms with Gasteiger partial charge in [-0.15, -0.1) is 0 Å². The van der Waals surface area contributed by atoms with Gasteiger partial charge in [-0.3, -0.25) is 29.4 Å². The van der Waals surface area contributed by atoms with Gasteiger partial charge in [0.1, 0.15) is 16.5 Å². The van der Waals surface area contributed by atoms with E-state index >= 15 is 0 Å². The minimum Gasteiger partial charge on any atom is -0.393 e. The molecule has 0 radical (unpaired) electrons. The number of hydrogen-bond acceptors (Lipinski definition) is 15. The van der Waals surface area contributed by atoms with Crippen LogP contribution in [0.15, 0.2) is 33.5 Å². The number of hydrogen-bond donors (Lipinski definition) is 12. The number of primary amides is 3. The quantitative estimate of drug-likeness (QED) is 0.147. The number of aromatic nitrogens is 6. The van der Waals surface area contributed by atoms with E-state index in [-0.39, 0.29) is 57.1 Å². The summed E-state index contributed by atoms with van der Waals surface area (Å²) in [6.45, 7) is 21.0. The highest BCUT2D eigenvalue weighted by Gasteiger charge is 2.28. The summed E-state index contributed by atoms with van der Waals surface area (Å²) in [6.07, 6.45) is -18.5. The molecule has 17 unspecified atom stereocenters. The van der Waals surface area contributed by atoms with Gasteiger partial charge in [0.05, 0.1) is 58.6 Å². The Morgan fingerprint density at radius 1 is 0.594 bits per heavy atom. The largest absolute Gasteiger partial charge is 0.393 e. The second kappa shape index (κ2) is 23.8. The summed E-state index contributed by atoms with van der Waals surface area (Å²) in [4.78, 5) is 68.1. The number of carbonyl (C=O) groups is 3. The summed E-state index contributed by atoms with van der Waals surface area (Å²) >= 11 is 0. The molecule has 21 heteroatoms. The van der Waals surface area contributed by atoms with Crippen molar-refractivity contribution in [1.82, 2.24) is 29.9 Å². The SMILES string of the molecule is [2H]c1nc(NC(C)(C)C)[nH]c(=NC2([2H])C([2H])C([2H])C([2H])(C)C(O)C2[2H])c1C(N)=O.[2H]c1nc(NC(C)(C)C)[nH]c(=NC2C([2H])C(O)C(C)C([2H])([2H])C2[2H])c1C(N)=O.[2H]c1nc(NC(C)(C)C)[nH]c(=NC2C([2H])C([2H])C(C)C(O)C2[2H])c1C(N)=O. The maximum Gasteiger partial charge on any atom is 0.254 e. The number of nitrogens with two attached hydrogens (primary N) is 3. The minimum absolute atomic E-state index is 0.0574. The van der Waals surface area contributed by atoms with Crippen molar-refractivity contribution in [2.45, 2.75) is 194 Å². The van der Waals surface area contributed by atoms with Gasteiger partial charge in [-0.25, -0.2) is 15.0 Å². The molecule has 21 nitrogen and oxygen atoms in total. The Bertz CT molecular complexity index is 3080. The molecule has 3 aromatic heterocycles. The highest BCUT2D eigenvalue weighted by atomic mass is 16.3. The average Bonchev–Trinajstić information content (AvgIpc) is 2.20. The number of H-pyrrole nitrogens is 3. The molecule has 0 aliphatic heterocycles. The Hall–Kier alpha value is -5.67. The standard InChI is InChI=1S/3C16H27N5O2/c3*1-9-5-6-10(7-12(9)22)19-14-11(13(17)23)8-18-15(20-14)21-16(2,3)4/h3*8-10,12,22H,5-7H2,1-4H3,(H2,17,23)(H2,18,19,20,21)/i5D,6D,7D,8D,9D,10D;5D2,6D,7D,8D;5D,6D,7D,8D. The van der Waals surface area contributed by atoms with Crippen molar-refractivity contribution >= 4 is 35.6 Å². The van der Waals surface area contributed by atoms with Gasteiger partial charge < -0.3 is 63.4 Å². The first-order valence-corrected chi connectivity index (χ1v) is 22.1. The first-order chi connectivity index (χ1) is 38.0. The molecular formula is C48H81N15O6. The Kier molecular flexibility index (Phi) is 12.8. The second-order valence-electron chi connectivity index (χ2n) is 19.7. The lowest BCUT2D eigenvalue weighted by atomic mass is 9.85. The Balaban J connectivity index is 0.000000270. The van der Waals surface area contributed by atoms with E-state index in [2.05, 4.69) is 60.8 Å². The van der Waals surface area contributed by atoms with Crippen molar-refractivity contribution < 1.29 is 50.3 Å². The van der Waals surface area contributed by atoms with Crippen molar-refractivity contribution in [2.75, 3.05) is 16.0 Å². The van der Waals surface area contributed by atoms with Gasteiger partial charge in [0.2, 0.25) is 17.8 Å². The average molecular weight is 979 g/mol. The van der Waals surface area contributed by atoms with E-state index in [0.717, 1.165) is 0 Å². The zero-order chi connectivity index (χ0) is 64.8. The predicted molar refractivity (Wildman–Crippen MR) is 267 cm³/mol. The van der Waals surface area contributed by atoms with Crippen molar-refractivity contribution in [3.05, 3.63) is 51.7 Å². The molecule has 15 N–H and O–H groups in total. The van der Waals surface area contributed by atoms with Crippen LogP contribution in [0, 0.1) is 17.7 Å². The third-order valence-electron chi connectivity index (χ3n) is 9.57. The van der Waals surface area contributed by atoms with Crippen LogP contribution in [0.25, 0.3) is 0 Å². The zero-order valence-electron chi connectivity index (χ0n) is 56.1. The molecule has 6 rings (SSSR count). The molecule has 3 aliphatic rings. The van der Waals surface area contributed by atoms with Crippen LogP contribution in [0.2, 0.25) is 0 Å². The summed E-state index contributed by atoms with van der Waals surface area (Å²) in [5.74, 6) is -5.85. The number of nitrogens with zero attached hydrogens (tertiary/aromatic N) is 6. The number of amides is 3. The topological polar surface area (TPSA) is 349 Å². The Morgan fingerprint density at radius 2 is 0.971 bits per heavy atom. The van der Waals surface area contributed by atoms with Crippen LogP contribution in [0.5, 0.6) is 0 Å². The van der Waals surface area contributed by atoms with E-state index in [9.17, 15) is 29.7 Å². The van der Waals surface area contributed by atoms with E-state index in [1.165, 1.54) is 13.8 Å². The molecule has 3 aliphatic carbocycles. The summed E-state index contributed by atoms with van der Waals surface area (Å²) in [7, 11) is 0. The van der Waals surface area contributed by atoms with Crippen LogP contribution < -0.4 is 49.6 Å². The maximum atomic E-state index is 11.9. The zero-order valence-corrected chi connectivity index (χ0v) is 41.1. The fourth-order valence-electron chi connectivity index (χ4n) is 6.09. The maximum absolute atomic E-state index is 11.9. The number of carbonyl (C=O) groups excluding carboxylic acids is 3. The molecule has 3 amide bonds. The molecule has 0 saturated heterocycles. The van der Waals surface area contributed by atoms with E-state index < -0.39 is 158 Å². The molecule has 0 spiro atoms. The molecule has 384 valence electrons. The molecule has 0 aromatic carbocycles. The van der Waals surface area contributed by atoms with Crippen LogP contribution in [0.3, 0.4) is 0 Å². The van der Waals surface area contributed by atoms with Crippen molar-refractivity contribution in [3.8, 4) is 0 Å².